The van der Waals surface area contributed by atoms with Crippen LogP contribution in [0.4, 0.5) is 11.4 Å². The van der Waals surface area contributed by atoms with Gasteiger partial charge in [-0.15, -0.1) is 11.8 Å². The third-order valence-corrected chi connectivity index (χ3v) is 3.85. The molecule has 1 aromatic rings. The van der Waals surface area contributed by atoms with Gasteiger partial charge in [0.05, 0.1) is 15.5 Å². The van der Waals surface area contributed by atoms with Gasteiger partial charge in [0, 0.05) is 11.3 Å². The minimum absolute atomic E-state index is 0.0695. The minimum Gasteiger partial charge on any atom is -0.478 e. The highest BCUT2D eigenvalue weighted by Crippen LogP contribution is 2.39. The lowest BCUT2D eigenvalue weighted by Crippen LogP contribution is -2.06. The molecule has 7 heteroatoms. The Labute approximate surface area is 113 Å². The summed E-state index contributed by atoms with van der Waals surface area (Å²) in [5.41, 5.74) is 0.512. The van der Waals surface area contributed by atoms with E-state index in [0.29, 0.717) is 17.1 Å². The fourth-order valence-electron chi connectivity index (χ4n) is 1.84. The number of hydrogen-bond donors (Lipinski definition) is 2. The van der Waals surface area contributed by atoms with E-state index < -0.39 is 10.9 Å². The number of thioether (sulfide) groups is 1. The standard InChI is InChI=1S/C12H12N2O4S/c1-7-6-8(12(15)16)11(19-7)13-9-4-2-3-5-10(9)14(17)18/h2-5,7,13H,6H2,1H3,(H,15,16). The molecule has 0 saturated carbocycles. The number of hydrogen-bond acceptors (Lipinski definition) is 5. The fourth-order valence-corrected chi connectivity index (χ4v) is 2.98. The predicted octanol–water partition coefficient (Wildman–Crippen LogP) is 2.83. The Bertz CT molecular complexity index is 571. The minimum atomic E-state index is -0.988. The fraction of sp³-hybridized carbons (Fsp3) is 0.250. The molecule has 0 saturated heterocycles. The van der Waals surface area contributed by atoms with Crippen molar-refractivity contribution in [2.24, 2.45) is 0 Å². The van der Waals surface area contributed by atoms with Crippen molar-refractivity contribution in [1.82, 2.24) is 0 Å². The average Bonchev–Trinajstić information content (AvgIpc) is 2.71. The highest BCUT2D eigenvalue weighted by Gasteiger charge is 2.27. The van der Waals surface area contributed by atoms with Gasteiger partial charge >= 0.3 is 5.97 Å². The number of para-hydroxylation sites is 2. The average molecular weight is 280 g/mol. The van der Waals surface area contributed by atoms with Crippen molar-refractivity contribution < 1.29 is 14.8 Å². The summed E-state index contributed by atoms with van der Waals surface area (Å²) in [4.78, 5) is 21.5. The summed E-state index contributed by atoms with van der Waals surface area (Å²) in [6.45, 7) is 1.92. The summed E-state index contributed by atoms with van der Waals surface area (Å²) in [7, 11) is 0. The van der Waals surface area contributed by atoms with Gasteiger partial charge in [0.2, 0.25) is 0 Å². The van der Waals surface area contributed by atoms with E-state index in [1.54, 1.807) is 18.2 Å². The molecule has 19 heavy (non-hydrogen) atoms. The first kappa shape index (κ1) is 13.4. The third-order valence-electron chi connectivity index (χ3n) is 2.69. The molecule has 2 N–H and O–H groups in total. The molecule has 1 aliphatic heterocycles. The zero-order valence-corrected chi connectivity index (χ0v) is 10.9. The molecule has 1 aliphatic rings. The number of benzene rings is 1. The second kappa shape index (κ2) is 5.31. The van der Waals surface area contributed by atoms with Crippen molar-refractivity contribution >= 4 is 29.1 Å². The molecule has 1 aromatic carbocycles. The monoisotopic (exact) mass is 280 g/mol. The van der Waals surface area contributed by atoms with E-state index in [2.05, 4.69) is 5.32 Å². The SMILES string of the molecule is CC1CC(C(=O)O)=C(Nc2ccccc2[N+](=O)[O-])S1. The molecule has 6 nitrogen and oxygen atoms in total. The molecule has 1 atom stereocenters. The summed E-state index contributed by atoms with van der Waals surface area (Å²) < 4.78 is 0. The molecular formula is C12H12N2O4S. The number of nitrogens with one attached hydrogen (secondary N) is 1. The van der Waals surface area contributed by atoms with Gasteiger partial charge in [-0.25, -0.2) is 4.79 Å². The summed E-state index contributed by atoms with van der Waals surface area (Å²) in [5, 5.41) is 23.5. The van der Waals surface area contributed by atoms with Crippen molar-refractivity contribution in [3.05, 3.63) is 45.0 Å². The molecule has 0 bridgehead atoms. The molecule has 0 spiro atoms. The molecule has 0 radical (unpaired) electrons. The molecule has 0 aromatic heterocycles. The highest BCUT2D eigenvalue weighted by atomic mass is 32.2. The Morgan fingerprint density at radius 1 is 1.53 bits per heavy atom. The smallest absolute Gasteiger partial charge is 0.334 e. The zero-order valence-electron chi connectivity index (χ0n) is 10.1. The molecule has 100 valence electrons. The Hall–Kier alpha value is -2.02. The largest absolute Gasteiger partial charge is 0.478 e. The number of nitro benzene ring substituents is 1. The zero-order chi connectivity index (χ0) is 14.0. The van der Waals surface area contributed by atoms with Gasteiger partial charge < -0.3 is 10.4 Å². The van der Waals surface area contributed by atoms with Crippen molar-refractivity contribution in [1.29, 1.82) is 0 Å². The lowest BCUT2D eigenvalue weighted by atomic mass is 10.1. The van der Waals surface area contributed by atoms with E-state index in [-0.39, 0.29) is 16.5 Å². The van der Waals surface area contributed by atoms with Gasteiger partial charge in [0.25, 0.3) is 5.69 Å². The maximum absolute atomic E-state index is 11.1. The maximum atomic E-state index is 11.1. The van der Waals surface area contributed by atoms with Crippen LogP contribution in [-0.4, -0.2) is 21.2 Å². The molecule has 0 amide bonds. The van der Waals surface area contributed by atoms with Crippen LogP contribution in [0.1, 0.15) is 13.3 Å². The van der Waals surface area contributed by atoms with Crippen molar-refractivity contribution in [2.45, 2.75) is 18.6 Å². The van der Waals surface area contributed by atoms with Crippen molar-refractivity contribution in [3.8, 4) is 0 Å². The lowest BCUT2D eigenvalue weighted by molar-refractivity contribution is -0.383. The van der Waals surface area contributed by atoms with E-state index in [4.69, 9.17) is 5.11 Å². The second-order valence-electron chi connectivity index (χ2n) is 4.14. The van der Waals surface area contributed by atoms with E-state index in [1.807, 2.05) is 6.92 Å². The van der Waals surface area contributed by atoms with Crippen molar-refractivity contribution in [2.75, 3.05) is 5.32 Å². The van der Waals surface area contributed by atoms with Crippen LogP contribution in [0.25, 0.3) is 0 Å². The topological polar surface area (TPSA) is 92.5 Å². The molecule has 0 aliphatic carbocycles. The first-order valence-corrected chi connectivity index (χ1v) is 6.50. The van der Waals surface area contributed by atoms with Crippen LogP contribution >= 0.6 is 11.8 Å². The first-order valence-electron chi connectivity index (χ1n) is 5.62. The van der Waals surface area contributed by atoms with Gasteiger partial charge in [-0.05, 0) is 12.5 Å². The van der Waals surface area contributed by atoms with Crippen LogP contribution in [0.5, 0.6) is 0 Å². The summed E-state index contributed by atoms with van der Waals surface area (Å²) >= 11 is 1.38. The Morgan fingerprint density at radius 2 is 2.21 bits per heavy atom. The van der Waals surface area contributed by atoms with Crippen LogP contribution in [-0.2, 0) is 4.79 Å². The van der Waals surface area contributed by atoms with E-state index in [1.165, 1.54) is 17.8 Å². The Morgan fingerprint density at radius 3 is 2.84 bits per heavy atom. The van der Waals surface area contributed by atoms with Gasteiger partial charge in [-0.2, -0.15) is 0 Å². The molecular weight excluding hydrogens is 268 g/mol. The number of nitro groups is 1. The number of carboxylic acid groups (broad SMARTS) is 1. The van der Waals surface area contributed by atoms with Crippen LogP contribution in [0, 0.1) is 10.1 Å². The van der Waals surface area contributed by atoms with Gasteiger partial charge in [0.15, 0.2) is 0 Å². The number of anilines is 1. The predicted molar refractivity (Wildman–Crippen MR) is 73.1 cm³/mol. The first-order chi connectivity index (χ1) is 8.99. The van der Waals surface area contributed by atoms with Gasteiger partial charge in [0.1, 0.15) is 5.69 Å². The quantitative estimate of drug-likeness (QED) is 0.650. The van der Waals surface area contributed by atoms with Crippen molar-refractivity contribution in [3.63, 3.8) is 0 Å². The summed E-state index contributed by atoms with van der Waals surface area (Å²) in [6.07, 6.45) is 0.447. The molecule has 1 heterocycles. The van der Waals surface area contributed by atoms with Gasteiger partial charge in [-0.1, -0.05) is 19.1 Å². The van der Waals surface area contributed by atoms with E-state index in [9.17, 15) is 14.9 Å². The normalized spacial score (nSPS) is 18.5. The lowest BCUT2D eigenvalue weighted by Gasteiger charge is -2.08. The number of aliphatic carboxylic acids is 1. The van der Waals surface area contributed by atoms with Gasteiger partial charge in [-0.3, -0.25) is 10.1 Å². The van der Waals surface area contributed by atoms with E-state index >= 15 is 0 Å². The van der Waals surface area contributed by atoms with E-state index in [0.717, 1.165) is 0 Å². The highest BCUT2D eigenvalue weighted by molar-refractivity contribution is 8.04. The Kier molecular flexibility index (Phi) is 3.75. The Balaban J connectivity index is 2.33. The molecule has 1 unspecified atom stereocenters. The number of rotatable bonds is 4. The maximum Gasteiger partial charge on any atom is 0.334 e. The third kappa shape index (κ3) is 2.87. The number of carbonyl (C=O) groups is 1. The van der Waals surface area contributed by atoms with Crippen LogP contribution < -0.4 is 5.32 Å². The summed E-state index contributed by atoms with van der Waals surface area (Å²) in [6, 6.07) is 6.18. The summed E-state index contributed by atoms with van der Waals surface area (Å²) in [5.74, 6) is -0.988. The number of nitrogens with zero attached hydrogens (tertiary/aromatic N) is 1. The molecule has 0 fully saturated rings. The van der Waals surface area contributed by atoms with Crippen LogP contribution in [0.2, 0.25) is 0 Å². The van der Waals surface area contributed by atoms with Crippen LogP contribution in [0.3, 0.4) is 0 Å². The molecule has 2 rings (SSSR count). The van der Waals surface area contributed by atoms with Crippen LogP contribution in [0.15, 0.2) is 34.9 Å². The number of carboxylic acids is 1. The second-order valence-corrected chi connectivity index (χ2v) is 5.59.